The van der Waals surface area contributed by atoms with Gasteiger partial charge >= 0.3 is 0 Å². The Morgan fingerprint density at radius 2 is 1.95 bits per heavy atom. The Labute approximate surface area is 130 Å². The van der Waals surface area contributed by atoms with Crippen molar-refractivity contribution >= 4 is 5.69 Å². The van der Waals surface area contributed by atoms with Gasteiger partial charge in [-0.2, -0.15) is 0 Å². The van der Waals surface area contributed by atoms with Gasteiger partial charge in [0.25, 0.3) is 0 Å². The molecule has 118 valence electrons. The normalized spacial score (nSPS) is 23.4. The highest BCUT2D eigenvalue weighted by Crippen LogP contribution is 2.31. The number of benzene rings is 1. The fourth-order valence-corrected chi connectivity index (χ4v) is 3.17. The lowest BCUT2D eigenvalue weighted by atomic mass is 9.91. The zero-order valence-electron chi connectivity index (χ0n) is 14.7. The van der Waals surface area contributed by atoms with Gasteiger partial charge in [0.05, 0.1) is 0 Å². The second-order valence-electron chi connectivity index (χ2n) is 7.79. The lowest BCUT2D eigenvalue weighted by Gasteiger charge is -2.41. The zero-order valence-corrected chi connectivity index (χ0v) is 14.7. The van der Waals surface area contributed by atoms with Crippen LogP contribution in [0.15, 0.2) is 18.2 Å². The van der Waals surface area contributed by atoms with Crippen molar-refractivity contribution in [1.82, 2.24) is 5.32 Å². The van der Waals surface area contributed by atoms with Gasteiger partial charge in [0, 0.05) is 30.4 Å². The van der Waals surface area contributed by atoms with Crippen molar-refractivity contribution in [1.29, 1.82) is 0 Å². The van der Waals surface area contributed by atoms with Crippen molar-refractivity contribution in [3.63, 3.8) is 0 Å². The molecule has 0 aromatic heterocycles. The molecule has 1 saturated heterocycles. The smallest absolute Gasteiger partial charge is 0.0414 e. The maximum absolute atomic E-state index is 3.64. The Balaban J connectivity index is 2.25. The Morgan fingerprint density at radius 3 is 2.62 bits per heavy atom. The third-order valence-electron chi connectivity index (χ3n) is 4.73. The molecule has 0 aliphatic carbocycles. The summed E-state index contributed by atoms with van der Waals surface area (Å²) in [5.41, 5.74) is 4.37. The third-order valence-corrected chi connectivity index (χ3v) is 4.73. The van der Waals surface area contributed by atoms with Crippen molar-refractivity contribution in [2.24, 2.45) is 5.92 Å². The molecule has 1 N–H and O–H groups in total. The Hall–Kier alpha value is -1.02. The van der Waals surface area contributed by atoms with Gasteiger partial charge in [-0.15, -0.1) is 0 Å². The minimum Gasteiger partial charge on any atom is -0.368 e. The van der Waals surface area contributed by atoms with Crippen LogP contribution in [0.25, 0.3) is 0 Å². The van der Waals surface area contributed by atoms with E-state index in [1.165, 1.54) is 36.2 Å². The van der Waals surface area contributed by atoms with E-state index in [-0.39, 0.29) is 5.54 Å². The van der Waals surface area contributed by atoms with Crippen molar-refractivity contribution in [2.75, 3.05) is 11.4 Å². The summed E-state index contributed by atoms with van der Waals surface area (Å²) < 4.78 is 0. The molecule has 0 bridgehead atoms. The van der Waals surface area contributed by atoms with Gasteiger partial charge in [0.1, 0.15) is 0 Å². The van der Waals surface area contributed by atoms with E-state index < -0.39 is 0 Å². The van der Waals surface area contributed by atoms with Crippen LogP contribution in [-0.4, -0.2) is 18.1 Å². The zero-order chi connectivity index (χ0) is 15.6. The molecule has 2 nitrogen and oxygen atoms in total. The quantitative estimate of drug-likeness (QED) is 0.880. The van der Waals surface area contributed by atoms with Crippen LogP contribution in [0.4, 0.5) is 5.69 Å². The van der Waals surface area contributed by atoms with Crippen LogP contribution in [0.5, 0.6) is 0 Å². The number of hydrogen-bond acceptors (Lipinski definition) is 2. The van der Waals surface area contributed by atoms with Crippen LogP contribution < -0.4 is 10.2 Å². The van der Waals surface area contributed by atoms with Crippen molar-refractivity contribution in [2.45, 2.75) is 72.5 Å². The average Bonchev–Trinajstić information content (AvgIpc) is 2.39. The minimum atomic E-state index is 0.155. The lowest BCUT2D eigenvalue weighted by Crippen LogP contribution is -2.43. The number of rotatable bonds is 3. The molecule has 21 heavy (non-hydrogen) atoms. The van der Waals surface area contributed by atoms with Crippen LogP contribution >= 0.6 is 0 Å². The highest BCUT2D eigenvalue weighted by atomic mass is 15.2. The topological polar surface area (TPSA) is 15.3 Å². The molecule has 1 aromatic carbocycles. The molecule has 1 heterocycles. The summed E-state index contributed by atoms with van der Waals surface area (Å²) in [6.45, 7) is 15.8. The molecular weight excluding hydrogens is 256 g/mol. The second kappa shape index (κ2) is 6.39. The summed E-state index contributed by atoms with van der Waals surface area (Å²) in [5, 5.41) is 3.64. The molecule has 1 aromatic rings. The van der Waals surface area contributed by atoms with E-state index in [0.717, 1.165) is 12.5 Å². The summed E-state index contributed by atoms with van der Waals surface area (Å²) in [4.78, 5) is 2.62. The first-order chi connectivity index (χ1) is 9.78. The third kappa shape index (κ3) is 4.23. The maximum Gasteiger partial charge on any atom is 0.0414 e. The largest absolute Gasteiger partial charge is 0.368 e. The molecular formula is C19H32N2. The molecule has 0 amide bonds. The summed E-state index contributed by atoms with van der Waals surface area (Å²) in [7, 11) is 0. The second-order valence-corrected chi connectivity index (χ2v) is 7.79. The fraction of sp³-hybridized carbons (Fsp3) is 0.684. The van der Waals surface area contributed by atoms with E-state index in [2.05, 4.69) is 70.0 Å². The number of hydrogen-bond donors (Lipinski definition) is 1. The Bertz CT molecular complexity index is 473. The van der Waals surface area contributed by atoms with E-state index in [1.54, 1.807) is 0 Å². The summed E-state index contributed by atoms with van der Waals surface area (Å²) in [6, 6.07) is 7.56. The average molecular weight is 288 g/mol. The van der Waals surface area contributed by atoms with E-state index in [1.807, 2.05) is 0 Å². The molecule has 2 atom stereocenters. The van der Waals surface area contributed by atoms with Crippen molar-refractivity contribution in [3.8, 4) is 0 Å². The first-order valence-electron chi connectivity index (χ1n) is 8.39. The molecule has 2 unspecified atom stereocenters. The molecule has 1 aliphatic heterocycles. The van der Waals surface area contributed by atoms with Gasteiger partial charge in [0.15, 0.2) is 0 Å². The minimum absolute atomic E-state index is 0.155. The van der Waals surface area contributed by atoms with Gasteiger partial charge in [-0.3, -0.25) is 0 Å². The van der Waals surface area contributed by atoms with Gasteiger partial charge in [-0.05, 0) is 65.0 Å². The molecule has 2 heteroatoms. The molecule has 0 spiro atoms. The number of nitrogens with one attached hydrogen (secondary N) is 1. The molecule has 1 fully saturated rings. The molecule has 1 aliphatic rings. The van der Waals surface area contributed by atoms with Gasteiger partial charge < -0.3 is 10.2 Å². The lowest BCUT2D eigenvalue weighted by molar-refractivity contribution is 0.362. The molecule has 2 rings (SSSR count). The summed E-state index contributed by atoms with van der Waals surface area (Å²) in [5.74, 6) is 0.781. The first kappa shape index (κ1) is 16.4. The predicted octanol–water partition coefficient (Wildman–Crippen LogP) is 4.51. The SMILES string of the molecule is Cc1ccc(N2CCCC(C)C2C)c(CNC(C)(C)C)c1. The van der Waals surface area contributed by atoms with Crippen LogP contribution in [0, 0.1) is 12.8 Å². The van der Waals surface area contributed by atoms with Crippen molar-refractivity contribution < 1.29 is 0 Å². The molecule has 0 saturated carbocycles. The Morgan fingerprint density at radius 1 is 1.24 bits per heavy atom. The standard InChI is InChI=1S/C19H32N2/c1-14-9-10-18(17(12-14)13-20-19(4,5)6)21-11-7-8-15(2)16(21)3/h9-10,12,15-16,20H,7-8,11,13H2,1-6H3. The maximum atomic E-state index is 3.64. The van der Waals surface area contributed by atoms with E-state index in [4.69, 9.17) is 0 Å². The predicted molar refractivity (Wildman–Crippen MR) is 93.0 cm³/mol. The summed E-state index contributed by atoms with van der Waals surface area (Å²) >= 11 is 0. The van der Waals surface area contributed by atoms with E-state index in [9.17, 15) is 0 Å². The fourth-order valence-electron chi connectivity index (χ4n) is 3.17. The number of anilines is 1. The van der Waals surface area contributed by atoms with Gasteiger partial charge in [-0.1, -0.05) is 24.6 Å². The highest BCUT2D eigenvalue weighted by molar-refractivity contribution is 5.56. The first-order valence-corrected chi connectivity index (χ1v) is 8.39. The van der Waals surface area contributed by atoms with Gasteiger partial charge in [0.2, 0.25) is 0 Å². The summed E-state index contributed by atoms with van der Waals surface area (Å²) in [6.07, 6.45) is 2.67. The van der Waals surface area contributed by atoms with Crippen LogP contribution in [0.2, 0.25) is 0 Å². The number of piperidine rings is 1. The van der Waals surface area contributed by atoms with E-state index >= 15 is 0 Å². The van der Waals surface area contributed by atoms with Gasteiger partial charge in [-0.25, -0.2) is 0 Å². The van der Waals surface area contributed by atoms with Crippen LogP contribution in [0.3, 0.4) is 0 Å². The van der Waals surface area contributed by atoms with Crippen LogP contribution in [-0.2, 0) is 6.54 Å². The van der Waals surface area contributed by atoms with Crippen molar-refractivity contribution in [3.05, 3.63) is 29.3 Å². The van der Waals surface area contributed by atoms with Crippen LogP contribution in [0.1, 0.15) is 58.6 Å². The highest BCUT2D eigenvalue weighted by Gasteiger charge is 2.26. The Kier molecular flexibility index (Phi) is 4.98. The monoisotopic (exact) mass is 288 g/mol. The molecule has 0 radical (unpaired) electrons. The number of nitrogens with zero attached hydrogens (tertiary/aromatic N) is 1. The van der Waals surface area contributed by atoms with E-state index in [0.29, 0.717) is 6.04 Å². The number of aryl methyl sites for hydroxylation is 1.